The van der Waals surface area contributed by atoms with E-state index in [-0.39, 0.29) is 5.03 Å². The van der Waals surface area contributed by atoms with Crippen molar-refractivity contribution in [1.82, 2.24) is 0 Å². The molecule has 11 heavy (non-hydrogen) atoms. The lowest BCUT2D eigenvalue weighted by Gasteiger charge is -2.05. The molecule has 0 aromatic rings. The van der Waals surface area contributed by atoms with E-state index in [2.05, 4.69) is 0 Å². The van der Waals surface area contributed by atoms with Crippen LogP contribution < -0.4 is 0 Å². The van der Waals surface area contributed by atoms with E-state index in [1.54, 1.807) is 0 Å². The van der Waals surface area contributed by atoms with Crippen LogP contribution in [0.15, 0.2) is 20.9 Å². The Balaban J connectivity index is 3.04. The van der Waals surface area contributed by atoms with Crippen LogP contribution in [0.25, 0.3) is 0 Å². The summed E-state index contributed by atoms with van der Waals surface area (Å²) in [4.78, 5) is 0. The topological polar surface area (TPSA) is 9.23 Å². The molecule has 0 heterocycles. The maximum absolute atomic E-state index is 5.78. The van der Waals surface area contributed by atoms with Crippen molar-refractivity contribution in [3.05, 3.63) is 20.9 Å². The van der Waals surface area contributed by atoms with Gasteiger partial charge in [-0.15, -0.1) is 11.6 Å². The van der Waals surface area contributed by atoms with Crippen LogP contribution in [0.4, 0.5) is 0 Å². The van der Waals surface area contributed by atoms with Gasteiger partial charge in [-0.05, 0) is 0 Å². The van der Waals surface area contributed by atoms with Crippen LogP contribution in [0, 0.1) is 0 Å². The lowest BCUT2D eigenvalue weighted by atomic mass is 10.4. The second-order valence-corrected chi connectivity index (χ2v) is 3.51. The molecule has 0 saturated carbocycles. The molecule has 1 atom stereocenters. The number of hydrogen-bond acceptors (Lipinski definition) is 1. The van der Waals surface area contributed by atoms with E-state index in [1.807, 2.05) is 0 Å². The normalized spacial score (nSPS) is 25.0. The first kappa shape index (κ1) is 9.53. The van der Waals surface area contributed by atoms with E-state index in [4.69, 9.17) is 51.1 Å². The first-order valence-corrected chi connectivity index (χ1v) is 4.30. The van der Waals surface area contributed by atoms with Crippen molar-refractivity contribution < 1.29 is 4.74 Å². The van der Waals surface area contributed by atoms with Crippen LogP contribution in [-0.2, 0) is 4.74 Å². The zero-order valence-electron chi connectivity index (χ0n) is 5.50. The lowest BCUT2D eigenvalue weighted by Crippen LogP contribution is -2.00. The van der Waals surface area contributed by atoms with E-state index < -0.39 is 5.38 Å². The molecule has 0 spiro atoms. The average Bonchev–Trinajstić information content (AvgIpc) is 2.17. The molecule has 0 bridgehead atoms. The van der Waals surface area contributed by atoms with Gasteiger partial charge in [-0.2, -0.15) is 0 Å². The number of allylic oxidation sites excluding steroid dienone is 3. The highest BCUT2D eigenvalue weighted by Gasteiger charge is 2.30. The van der Waals surface area contributed by atoms with Gasteiger partial charge in [-0.3, -0.25) is 0 Å². The molecule has 0 aromatic carbocycles. The van der Waals surface area contributed by atoms with E-state index in [1.165, 1.54) is 7.11 Å². The van der Waals surface area contributed by atoms with Gasteiger partial charge < -0.3 is 4.74 Å². The summed E-state index contributed by atoms with van der Waals surface area (Å²) < 4.78 is 4.88. The van der Waals surface area contributed by atoms with Gasteiger partial charge in [0.05, 0.1) is 17.2 Å². The number of halogens is 4. The Hall–Kier alpha value is 0.440. The first-order chi connectivity index (χ1) is 5.09. The largest absolute Gasteiger partial charge is 0.498 e. The SMILES string of the molecule is COC1=C(Cl)C(Cl)=C(Cl)C1Cl. The van der Waals surface area contributed by atoms with Gasteiger partial charge in [-0.1, -0.05) is 34.8 Å². The third kappa shape index (κ3) is 1.48. The van der Waals surface area contributed by atoms with Gasteiger partial charge in [0, 0.05) is 0 Å². The molecular formula is C6H4Cl4O. The Kier molecular flexibility index (Phi) is 2.98. The molecule has 1 unspecified atom stereocenters. The Morgan fingerprint density at radius 3 is 1.91 bits per heavy atom. The van der Waals surface area contributed by atoms with Gasteiger partial charge in [0.2, 0.25) is 0 Å². The van der Waals surface area contributed by atoms with Crippen LogP contribution in [0.5, 0.6) is 0 Å². The highest BCUT2D eigenvalue weighted by molar-refractivity contribution is 6.52. The van der Waals surface area contributed by atoms with Crippen LogP contribution in [0.1, 0.15) is 0 Å². The third-order valence-electron chi connectivity index (χ3n) is 1.29. The van der Waals surface area contributed by atoms with Crippen molar-refractivity contribution in [2.24, 2.45) is 0 Å². The molecule has 0 fully saturated rings. The van der Waals surface area contributed by atoms with Gasteiger partial charge in [-0.25, -0.2) is 0 Å². The quantitative estimate of drug-likeness (QED) is 0.631. The minimum Gasteiger partial charge on any atom is -0.498 e. The Bertz CT molecular complexity index is 243. The Morgan fingerprint density at radius 1 is 1.18 bits per heavy atom. The molecule has 62 valence electrons. The van der Waals surface area contributed by atoms with E-state index in [0.29, 0.717) is 15.8 Å². The second kappa shape index (κ2) is 3.44. The average molecular weight is 234 g/mol. The van der Waals surface area contributed by atoms with Crippen molar-refractivity contribution in [1.29, 1.82) is 0 Å². The number of ether oxygens (including phenoxy) is 1. The fourth-order valence-corrected chi connectivity index (χ4v) is 1.89. The smallest absolute Gasteiger partial charge is 0.139 e. The summed E-state index contributed by atoms with van der Waals surface area (Å²) in [5.41, 5.74) is 0. The molecule has 1 rings (SSSR count). The lowest BCUT2D eigenvalue weighted by molar-refractivity contribution is 0.287. The minimum atomic E-state index is -0.540. The van der Waals surface area contributed by atoms with Crippen molar-refractivity contribution >= 4 is 46.4 Å². The van der Waals surface area contributed by atoms with E-state index in [9.17, 15) is 0 Å². The highest BCUT2D eigenvalue weighted by Crippen LogP contribution is 2.42. The molecule has 1 nitrogen and oxygen atoms in total. The minimum absolute atomic E-state index is 0.269. The van der Waals surface area contributed by atoms with Crippen LogP contribution >= 0.6 is 46.4 Å². The van der Waals surface area contributed by atoms with Gasteiger partial charge in [0.15, 0.2) is 0 Å². The summed E-state index contributed by atoms with van der Waals surface area (Å²) in [6, 6.07) is 0. The number of rotatable bonds is 1. The van der Waals surface area contributed by atoms with Crippen LogP contribution in [0.3, 0.4) is 0 Å². The number of alkyl halides is 1. The molecule has 5 heteroatoms. The first-order valence-electron chi connectivity index (χ1n) is 2.72. The third-order valence-corrected chi connectivity index (χ3v) is 3.19. The standard InChI is InChI=1S/C6H4Cl4O/c1-11-6-4(9)2(7)3(8)5(6)10/h4H,1H3. The molecule has 0 aromatic heterocycles. The maximum atomic E-state index is 5.78. The van der Waals surface area contributed by atoms with Crippen molar-refractivity contribution in [2.45, 2.75) is 5.38 Å². The Morgan fingerprint density at radius 2 is 1.73 bits per heavy atom. The molecular weight excluding hydrogens is 230 g/mol. The van der Waals surface area contributed by atoms with Crippen molar-refractivity contribution in [3.8, 4) is 0 Å². The van der Waals surface area contributed by atoms with Crippen LogP contribution in [-0.4, -0.2) is 12.5 Å². The molecule has 1 aliphatic carbocycles. The van der Waals surface area contributed by atoms with Gasteiger partial charge >= 0.3 is 0 Å². The fourth-order valence-electron chi connectivity index (χ4n) is 0.744. The molecule has 0 radical (unpaired) electrons. The summed E-state index contributed by atoms with van der Waals surface area (Å²) >= 11 is 22.9. The van der Waals surface area contributed by atoms with Gasteiger partial charge in [0.1, 0.15) is 16.2 Å². The summed E-state index contributed by atoms with van der Waals surface area (Å²) in [7, 11) is 1.47. The summed E-state index contributed by atoms with van der Waals surface area (Å²) in [5, 5.41) is 0.334. The summed E-state index contributed by atoms with van der Waals surface area (Å²) in [6.45, 7) is 0. The van der Waals surface area contributed by atoms with Gasteiger partial charge in [0.25, 0.3) is 0 Å². The monoisotopic (exact) mass is 232 g/mol. The highest BCUT2D eigenvalue weighted by atomic mass is 35.5. The molecule has 1 aliphatic rings. The van der Waals surface area contributed by atoms with E-state index >= 15 is 0 Å². The van der Waals surface area contributed by atoms with Crippen molar-refractivity contribution in [3.63, 3.8) is 0 Å². The zero-order chi connectivity index (χ0) is 8.59. The predicted molar refractivity (Wildman–Crippen MR) is 48.3 cm³/mol. The molecule has 0 N–H and O–H groups in total. The number of methoxy groups -OCH3 is 1. The predicted octanol–water partition coefficient (Wildman–Crippen LogP) is 3.39. The molecule has 0 saturated heterocycles. The zero-order valence-corrected chi connectivity index (χ0v) is 8.52. The van der Waals surface area contributed by atoms with E-state index in [0.717, 1.165) is 0 Å². The summed E-state index contributed by atoms with van der Waals surface area (Å²) in [6.07, 6.45) is 0. The maximum Gasteiger partial charge on any atom is 0.139 e. The number of hydrogen-bond donors (Lipinski definition) is 0. The second-order valence-electron chi connectivity index (χ2n) is 1.91. The molecule has 0 amide bonds. The summed E-state index contributed by atoms with van der Waals surface area (Å²) in [5.74, 6) is 0.406. The Labute approximate surface area is 84.5 Å². The van der Waals surface area contributed by atoms with Crippen molar-refractivity contribution in [2.75, 3.05) is 7.11 Å². The molecule has 0 aliphatic heterocycles. The van der Waals surface area contributed by atoms with Crippen LogP contribution in [0.2, 0.25) is 0 Å². The fraction of sp³-hybridized carbons (Fsp3) is 0.333.